The summed E-state index contributed by atoms with van der Waals surface area (Å²) in [5, 5.41) is 3.18. The average molecular weight is 359 g/mol. The number of hydrogen-bond donors (Lipinski definition) is 1. The van der Waals surface area contributed by atoms with Crippen LogP contribution in [0.5, 0.6) is 0 Å². The van der Waals surface area contributed by atoms with Gasteiger partial charge in [-0.15, -0.1) is 0 Å². The van der Waals surface area contributed by atoms with Crippen LogP contribution < -0.4 is 10.2 Å². The third-order valence-corrected chi connectivity index (χ3v) is 6.30. The fourth-order valence-corrected chi connectivity index (χ4v) is 4.07. The predicted molar refractivity (Wildman–Crippen MR) is 113 cm³/mol. The number of nitrogens with one attached hydrogen (secondary N) is 1. The molecule has 26 heavy (non-hydrogen) atoms. The summed E-state index contributed by atoms with van der Waals surface area (Å²) in [4.78, 5) is 15.2. The number of fused-ring (bicyclic) bond motifs is 1. The summed E-state index contributed by atoms with van der Waals surface area (Å²) < 4.78 is 0. The molecule has 0 bridgehead atoms. The molecule has 2 rings (SSSR count). The molecule has 1 aliphatic heterocycles. The number of carbonyl (C=O) groups excluding carboxylic acids is 1. The molecule has 3 nitrogen and oxygen atoms in total. The van der Waals surface area contributed by atoms with E-state index in [-0.39, 0.29) is 17.2 Å². The Bertz CT molecular complexity index is 608. The molecule has 1 N–H and O–H groups in total. The largest absolute Gasteiger partial charge is 0.368 e. The van der Waals surface area contributed by atoms with Crippen molar-refractivity contribution in [3.05, 3.63) is 23.8 Å². The smallest absolute Gasteiger partial charge is 0.227 e. The number of unbranched alkanes of at least 4 members (excludes halogenated alkanes) is 2. The Hall–Kier alpha value is -1.51. The summed E-state index contributed by atoms with van der Waals surface area (Å²) in [5.41, 5.74) is 3.78. The molecule has 2 unspecified atom stereocenters. The molecule has 0 aromatic heterocycles. The summed E-state index contributed by atoms with van der Waals surface area (Å²) >= 11 is 0. The lowest BCUT2D eigenvalue weighted by Gasteiger charge is -2.31. The molecule has 1 aromatic rings. The van der Waals surface area contributed by atoms with Crippen molar-refractivity contribution < 1.29 is 4.79 Å². The van der Waals surface area contributed by atoms with Crippen molar-refractivity contribution in [2.75, 3.05) is 16.8 Å². The Labute approximate surface area is 160 Å². The zero-order valence-corrected chi connectivity index (χ0v) is 17.7. The highest BCUT2D eigenvalue weighted by atomic mass is 16.1. The second-order valence-electron chi connectivity index (χ2n) is 8.41. The molecule has 0 radical (unpaired) electrons. The average Bonchev–Trinajstić information content (AvgIpc) is 2.80. The van der Waals surface area contributed by atoms with Crippen LogP contribution in [0.2, 0.25) is 0 Å². The molecule has 0 aliphatic carbocycles. The standard InChI is InChI=1S/C23H38N2O/c1-7-10-12-18(9-3)22(26)24-19-13-14-20-21(16-19)25(15-11-8-2)17(4)23(20,5)6/h13-14,16-18H,7-12,15H2,1-6H3,(H,24,26). The zero-order valence-electron chi connectivity index (χ0n) is 17.7. The molecular weight excluding hydrogens is 320 g/mol. The predicted octanol–water partition coefficient (Wildman–Crippen LogP) is 6.13. The summed E-state index contributed by atoms with van der Waals surface area (Å²) in [7, 11) is 0. The van der Waals surface area contributed by atoms with Gasteiger partial charge in [0.15, 0.2) is 0 Å². The molecule has 0 saturated carbocycles. The van der Waals surface area contributed by atoms with Crippen molar-refractivity contribution in [2.24, 2.45) is 5.92 Å². The quantitative estimate of drug-likeness (QED) is 0.576. The fraction of sp³-hybridized carbons (Fsp3) is 0.696. The first-order valence-electron chi connectivity index (χ1n) is 10.6. The maximum atomic E-state index is 12.7. The van der Waals surface area contributed by atoms with E-state index in [9.17, 15) is 4.79 Å². The molecule has 1 aliphatic rings. The third kappa shape index (κ3) is 4.24. The number of nitrogens with zero attached hydrogens (tertiary/aromatic N) is 1. The van der Waals surface area contributed by atoms with E-state index in [0.29, 0.717) is 6.04 Å². The van der Waals surface area contributed by atoms with Crippen molar-refractivity contribution in [3.8, 4) is 0 Å². The van der Waals surface area contributed by atoms with E-state index in [4.69, 9.17) is 0 Å². The van der Waals surface area contributed by atoms with Crippen LogP contribution in [0.4, 0.5) is 11.4 Å². The van der Waals surface area contributed by atoms with Gasteiger partial charge < -0.3 is 10.2 Å². The molecule has 0 fully saturated rings. The number of rotatable bonds is 9. The Morgan fingerprint density at radius 1 is 1.19 bits per heavy atom. The van der Waals surface area contributed by atoms with Gasteiger partial charge in [-0.25, -0.2) is 0 Å². The Balaban J connectivity index is 2.21. The van der Waals surface area contributed by atoms with Crippen LogP contribution >= 0.6 is 0 Å². The van der Waals surface area contributed by atoms with Gasteiger partial charge >= 0.3 is 0 Å². The van der Waals surface area contributed by atoms with Crippen LogP contribution in [0, 0.1) is 5.92 Å². The Morgan fingerprint density at radius 2 is 1.88 bits per heavy atom. The summed E-state index contributed by atoms with van der Waals surface area (Å²) in [6.07, 6.45) is 6.55. The number of anilines is 2. The molecule has 0 spiro atoms. The SMILES string of the molecule is CCCCC(CC)C(=O)Nc1ccc2c(c1)N(CCCC)C(C)C2(C)C. The second-order valence-corrected chi connectivity index (χ2v) is 8.41. The van der Waals surface area contributed by atoms with Gasteiger partial charge in [-0.1, -0.05) is 59.9 Å². The van der Waals surface area contributed by atoms with E-state index in [0.717, 1.165) is 37.9 Å². The van der Waals surface area contributed by atoms with Gasteiger partial charge in [0.05, 0.1) is 0 Å². The molecule has 1 amide bonds. The van der Waals surface area contributed by atoms with Crippen LogP contribution in [-0.4, -0.2) is 18.5 Å². The van der Waals surface area contributed by atoms with Crippen molar-refractivity contribution in [3.63, 3.8) is 0 Å². The van der Waals surface area contributed by atoms with Gasteiger partial charge in [-0.3, -0.25) is 4.79 Å². The lowest BCUT2D eigenvalue weighted by Crippen LogP contribution is -2.39. The molecular formula is C23H38N2O. The van der Waals surface area contributed by atoms with E-state index in [1.807, 2.05) is 0 Å². The maximum absolute atomic E-state index is 12.7. The van der Waals surface area contributed by atoms with Crippen LogP contribution in [0.1, 0.15) is 85.6 Å². The van der Waals surface area contributed by atoms with Gasteiger partial charge in [0.2, 0.25) is 5.91 Å². The van der Waals surface area contributed by atoms with Gasteiger partial charge in [0.25, 0.3) is 0 Å². The highest BCUT2D eigenvalue weighted by Gasteiger charge is 2.41. The highest BCUT2D eigenvalue weighted by molar-refractivity contribution is 5.93. The lowest BCUT2D eigenvalue weighted by atomic mass is 9.81. The van der Waals surface area contributed by atoms with Crippen LogP contribution in [0.25, 0.3) is 0 Å². The van der Waals surface area contributed by atoms with Gasteiger partial charge in [-0.2, -0.15) is 0 Å². The van der Waals surface area contributed by atoms with Gasteiger partial charge in [0.1, 0.15) is 0 Å². The number of carbonyl (C=O) groups is 1. The third-order valence-electron chi connectivity index (χ3n) is 6.30. The minimum Gasteiger partial charge on any atom is -0.368 e. The van der Waals surface area contributed by atoms with Crippen LogP contribution in [-0.2, 0) is 10.2 Å². The van der Waals surface area contributed by atoms with E-state index in [1.165, 1.54) is 24.1 Å². The number of amides is 1. The number of benzene rings is 1. The van der Waals surface area contributed by atoms with Crippen LogP contribution in [0.15, 0.2) is 18.2 Å². The first-order valence-corrected chi connectivity index (χ1v) is 10.6. The normalized spacial score (nSPS) is 19.3. The summed E-state index contributed by atoms with van der Waals surface area (Å²) in [6.45, 7) is 14.6. The maximum Gasteiger partial charge on any atom is 0.227 e. The van der Waals surface area contributed by atoms with Gasteiger partial charge in [0, 0.05) is 35.3 Å². The Kier molecular flexibility index (Phi) is 7.14. The van der Waals surface area contributed by atoms with Crippen molar-refractivity contribution in [1.82, 2.24) is 0 Å². The van der Waals surface area contributed by atoms with E-state index in [2.05, 4.69) is 70.0 Å². The van der Waals surface area contributed by atoms with Crippen molar-refractivity contribution in [2.45, 2.75) is 91.5 Å². The first-order chi connectivity index (χ1) is 12.4. The molecule has 0 saturated heterocycles. The molecule has 2 atom stereocenters. The van der Waals surface area contributed by atoms with Gasteiger partial charge in [-0.05, 0) is 43.9 Å². The molecule has 1 aromatic carbocycles. The lowest BCUT2D eigenvalue weighted by molar-refractivity contribution is -0.120. The minimum atomic E-state index is 0.120. The summed E-state index contributed by atoms with van der Waals surface area (Å²) in [6, 6.07) is 6.98. The fourth-order valence-electron chi connectivity index (χ4n) is 4.07. The summed E-state index contributed by atoms with van der Waals surface area (Å²) in [5.74, 6) is 0.293. The van der Waals surface area contributed by atoms with Crippen LogP contribution in [0.3, 0.4) is 0 Å². The zero-order chi connectivity index (χ0) is 19.3. The minimum absolute atomic E-state index is 0.120. The van der Waals surface area contributed by atoms with Crippen molar-refractivity contribution >= 4 is 17.3 Å². The van der Waals surface area contributed by atoms with E-state index >= 15 is 0 Å². The topological polar surface area (TPSA) is 32.3 Å². The van der Waals surface area contributed by atoms with E-state index in [1.54, 1.807) is 0 Å². The van der Waals surface area contributed by atoms with Crippen molar-refractivity contribution in [1.29, 1.82) is 0 Å². The second kappa shape index (κ2) is 8.92. The highest BCUT2D eigenvalue weighted by Crippen LogP contribution is 2.46. The Morgan fingerprint density at radius 3 is 2.50 bits per heavy atom. The molecule has 3 heteroatoms. The molecule has 1 heterocycles. The van der Waals surface area contributed by atoms with E-state index < -0.39 is 0 Å². The first kappa shape index (κ1) is 20.8. The number of hydrogen-bond acceptors (Lipinski definition) is 2. The molecule has 146 valence electrons. The monoisotopic (exact) mass is 358 g/mol.